The van der Waals surface area contributed by atoms with Crippen LogP contribution in [0.15, 0.2) is 0 Å². The van der Waals surface area contributed by atoms with Crippen molar-refractivity contribution in [3.63, 3.8) is 0 Å². The molecule has 0 heterocycles. The first-order valence-electron chi connectivity index (χ1n) is 7.41. The van der Waals surface area contributed by atoms with E-state index < -0.39 is 0 Å². The van der Waals surface area contributed by atoms with Crippen LogP contribution in [0.1, 0.15) is 77.6 Å². The van der Waals surface area contributed by atoms with Gasteiger partial charge in [0.25, 0.3) is 0 Å². The Bertz CT molecular complexity index is 195. The average Bonchev–Trinajstić information content (AvgIpc) is 2.37. The average molecular weight is 277 g/mol. The van der Waals surface area contributed by atoms with Crippen LogP contribution in [-0.2, 0) is 9.53 Å². The molecule has 0 aromatic heterocycles. The molecule has 0 saturated carbocycles. The first-order valence-corrected chi connectivity index (χ1v) is 7.85. The lowest BCUT2D eigenvalue weighted by Crippen LogP contribution is -2.01. The van der Waals surface area contributed by atoms with Crippen LogP contribution in [-0.4, -0.2) is 18.5 Å². The predicted molar refractivity (Wildman–Crippen MR) is 78.1 cm³/mol. The summed E-state index contributed by atoms with van der Waals surface area (Å²) in [6.45, 7) is 2.23. The van der Waals surface area contributed by atoms with Crippen molar-refractivity contribution in [2.45, 2.75) is 82.9 Å². The third-order valence-corrected chi connectivity index (χ3v) is 3.68. The van der Waals surface area contributed by atoms with E-state index in [4.69, 9.17) is 11.6 Å². The number of rotatable bonds is 12. The number of alkyl halides is 1. The summed E-state index contributed by atoms with van der Waals surface area (Å²) in [6.07, 6.45) is 12.5. The molecule has 1 atom stereocenters. The maximum absolute atomic E-state index is 10.9. The van der Waals surface area contributed by atoms with E-state index in [0.29, 0.717) is 11.8 Å². The van der Waals surface area contributed by atoms with Crippen LogP contribution in [0.3, 0.4) is 0 Å². The van der Waals surface area contributed by atoms with E-state index >= 15 is 0 Å². The lowest BCUT2D eigenvalue weighted by Gasteiger charge is -2.08. The second-order valence-electron chi connectivity index (χ2n) is 4.98. The Labute approximate surface area is 117 Å². The molecule has 0 amide bonds. The van der Waals surface area contributed by atoms with Crippen molar-refractivity contribution in [1.29, 1.82) is 0 Å². The van der Waals surface area contributed by atoms with Crippen molar-refractivity contribution < 1.29 is 9.53 Å². The molecule has 18 heavy (non-hydrogen) atoms. The van der Waals surface area contributed by atoms with Crippen molar-refractivity contribution in [3.05, 3.63) is 0 Å². The highest BCUT2D eigenvalue weighted by molar-refractivity contribution is 6.20. The summed E-state index contributed by atoms with van der Waals surface area (Å²) in [5, 5.41) is 0.324. The Balaban J connectivity index is 3.21. The molecule has 0 spiro atoms. The smallest absolute Gasteiger partial charge is 0.305 e. The molecule has 108 valence electrons. The van der Waals surface area contributed by atoms with E-state index in [1.807, 2.05) is 0 Å². The number of halogens is 1. The van der Waals surface area contributed by atoms with E-state index in [9.17, 15) is 4.79 Å². The molecule has 0 saturated heterocycles. The van der Waals surface area contributed by atoms with Gasteiger partial charge in [-0.1, -0.05) is 51.9 Å². The number of esters is 1. The molecule has 0 aliphatic heterocycles. The van der Waals surface area contributed by atoms with Gasteiger partial charge in [0.15, 0.2) is 0 Å². The fraction of sp³-hybridized carbons (Fsp3) is 0.933. The predicted octanol–water partition coefficient (Wildman–Crippen LogP) is 5.08. The van der Waals surface area contributed by atoms with Gasteiger partial charge in [-0.15, -0.1) is 11.6 Å². The van der Waals surface area contributed by atoms with Crippen LogP contribution in [0.2, 0.25) is 0 Å². The van der Waals surface area contributed by atoms with Gasteiger partial charge in [-0.05, 0) is 19.3 Å². The third-order valence-electron chi connectivity index (χ3n) is 3.25. The lowest BCUT2D eigenvalue weighted by molar-refractivity contribution is -0.140. The summed E-state index contributed by atoms with van der Waals surface area (Å²) in [6, 6.07) is 0. The monoisotopic (exact) mass is 276 g/mol. The Morgan fingerprint density at radius 1 is 1.00 bits per heavy atom. The van der Waals surface area contributed by atoms with Crippen molar-refractivity contribution in [3.8, 4) is 0 Å². The number of methoxy groups -OCH3 is 1. The second kappa shape index (κ2) is 13.2. The molecule has 1 unspecified atom stereocenters. The minimum absolute atomic E-state index is 0.103. The summed E-state index contributed by atoms with van der Waals surface area (Å²) in [5.41, 5.74) is 0. The number of ether oxygens (including phenoxy) is 1. The van der Waals surface area contributed by atoms with E-state index in [2.05, 4.69) is 11.7 Å². The maximum atomic E-state index is 10.9. The fourth-order valence-corrected chi connectivity index (χ4v) is 2.34. The van der Waals surface area contributed by atoms with Crippen LogP contribution in [0, 0.1) is 0 Å². The van der Waals surface area contributed by atoms with Gasteiger partial charge in [-0.3, -0.25) is 4.79 Å². The topological polar surface area (TPSA) is 26.3 Å². The first kappa shape index (κ1) is 17.8. The van der Waals surface area contributed by atoms with Gasteiger partial charge in [0.2, 0.25) is 0 Å². The Morgan fingerprint density at radius 3 is 2.11 bits per heavy atom. The Hall–Kier alpha value is -0.240. The van der Waals surface area contributed by atoms with Crippen LogP contribution >= 0.6 is 11.6 Å². The maximum Gasteiger partial charge on any atom is 0.305 e. The molecule has 0 fully saturated rings. The summed E-state index contributed by atoms with van der Waals surface area (Å²) in [5.74, 6) is -0.103. The minimum atomic E-state index is -0.103. The van der Waals surface area contributed by atoms with E-state index in [-0.39, 0.29) is 5.97 Å². The largest absolute Gasteiger partial charge is 0.469 e. The first-order chi connectivity index (χ1) is 8.70. The van der Waals surface area contributed by atoms with E-state index in [1.54, 1.807) is 0 Å². The summed E-state index contributed by atoms with van der Waals surface area (Å²) >= 11 is 6.27. The van der Waals surface area contributed by atoms with Crippen LogP contribution in [0.25, 0.3) is 0 Å². The fourth-order valence-electron chi connectivity index (χ4n) is 2.03. The number of carbonyl (C=O) groups is 1. The van der Waals surface area contributed by atoms with Crippen LogP contribution < -0.4 is 0 Å². The van der Waals surface area contributed by atoms with Crippen molar-refractivity contribution >= 4 is 17.6 Å². The van der Waals surface area contributed by atoms with Crippen LogP contribution in [0.4, 0.5) is 0 Å². The van der Waals surface area contributed by atoms with Crippen molar-refractivity contribution in [2.24, 2.45) is 0 Å². The molecule has 2 nitrogen and oxygen atoms in total. The Morgan fingerprint density at radius 2 is 1.56 bits per heavy atom. The SMILES string of the molecule is CCCCCCCC(Cl)CCCCCC(=O)OC. The minimum Gasteiger partial charge on any atom is -0.469 e. The highest BCUT2D eigenvalue weighted by atomic mass is 35.5. The second-order valence-corrected chi connectivity index (χ2v) is 5.59. The van der Waals surface area contributed by atoms with Gasteiger partial charge in [0.1, 0.15) is 0 Å². The molecule has 0 aromatic rings. The molecule has 3 heteroatoms. The third kappa shape index (κ3) is 12.2. The van der Waals surface area contributed by atoms with Gasteiger partial charge in [-0.25, -0.2) is 0 Å². The van der Waals surface area contributed by atoms with Crippen molar-refractivity contribution in [1.82, 2.24) is 0 Å². The van der Waals surface area contributed by atoms with Gasteiger partial charge >= 0.3 is 5.97 Å². The van der Waals surface area contributed by atoms with Gasteiger partial charge < -0.3 is 4.74 Å². The molecule has 0 bridgehead atoms. The highest BCUT2D eigenvalue weighted by Crippen LogP contribution is 2.17. The summed E-state index contributed by atoms with van der Waals surface area (Å²) < 4.78 is 4.60. The standard InChI is InChI=1S/C15H29ClO2/c1-3-4-5-6-8-11-14(16)12-9-7-10-13-15(17)18-2/h14H,3-13H2,1-2H3. The molecular weight excluding hydrogens is 248 g/mol. The number of hydrogen-bond acceptors (Lipinski definition) is 2. The number of unbranched alkanes of at least 4 members (excludes halogenated alkanes) is 6. The molecule has 0 aliphatic rings. The molecule has 0 N–H and O–H groups in total. The Kier molecular flexibility index (Phi) is 13.0. The highest BCUT2D eigenvalue weighted by Gasteiger charge is 2.05. The van der Waals surface area contributed by atoms with Crippen molar-refractivity contribution in [2.75, 3.05) is 7.11 Å². The molecule has 0 aromatic carbocycles. The number of hydrogen-bond donors (Lipinski definition) is 0. The molecule has 0 aliphatic carbocycles. The summed E-state index contributed by atoms with van der Waals surface area (Å²) in [4.78, 5) is 10.9. The van der Waals surface area contributed by atoms with Gasteiger partial charge in [0.05, 0.1) is 7.11 Å². The van der Waals surface area contributed by atoms with Crippen LogP contribution in [0.5, 0.6) is 0 Å². The van der Waals surface area contributed by atoms with Gasteiger partial charge in [-0.2, -0.15) is 0 Å². The molecule has 0 radical (unpaired) electrons. The number of carbonyl (C=O) groups excluding carboxylic acids is 1. The zero-order valence-corrected chi connectivity index (χ0v) is 12.8. The molecule has 0 rings (SSSR count). The van der Waals surface area contributed by atoms with Gasteiger partial charge in [0, 0.05) is 11.8 Å². The molecular formula is C15H29ClO2. The normalized spacial score (nSPS) is 12.4. The zero-order valence-electron chi connectivity index (χ0n) is 12.0. The lowest BCUT2D eigenvalue weighted by atomic mass is 10.0. The quantitative estimate of drug-likeness (QED) is 0.282. The van der Waals surface area contributed by atoms with E-state index in [0.717, 1.165) is 32.1 Å². The summed E-state index contributed by atoms with van der Waals surface area (Å²) in [7, 11) is 1.44. The zero-order chi connectivity index (χ0) is 13.6. The van der Waals surface area contributed by atoms with E-state index in [1.165, 1.54) is 39.2 Å².